The molecule has 2 rings (SSSR count). The lowest BCUT2D eigenvalue weighted by molar-refractivity contribution is 0.0760. The quantitative estimate of drug-likeness (QED) is 0.808. The van der Waals surface area contributed by atoms with E-state index in [2.05, 4.69) is 0 Å². The summed E-state index contributed by atoms with van der Waals surface area (Å²) in [5, 5.41) is 8.90. The first kappa shape index (κ1) is 14.7. The lowest BCUT2D eigenvalue weighted by atomic mass is 10.1. The van der Waals surface area contributed by atoms with Crippen molar-refractivity contribution in [2.75, 3.05) is 6.54 Å². The number of carbonyl (C=O) groups excluding carboxylic acids is 1. The van der Waals surface area contributed by atoms with Crippen LogP contribution in [0, 0.1) is 24.1 Å². The van der Waals surface area contributed by atoms with Crippen LogP contribution in [-0.2, 0) is 6.54 Å². The van der Waals surface area contributed by atoms with Crippen LogP contribution in [0.3, 0.4) is 0 Å². The zero-order valence-corrected chi connectivity index (χ0v) is 11.7. The fourth-order valence-electron chi connectivity index (χ4n) is 2.06. The number of rotatable bonds is 4. The van der Waals surface area contributed by atoms with Crippen molar-refractivity contribution in [1.82, 2.24) is 4.90 Å². The first-order valence-electron chi connectivity index (χ1n) is 6.58. The van der Waals surface area contributed by atoms with Crippen molar-refractivity contribution in [2.45, 2.75) is 13.5 Å². The summed E-state index contributed by atoms with van der Waals surface area (Å²) in [4.78, 5) is 13.8. The molecule has 0 atom stereocenters. The van der Waals surface area contributed by atoms with E-state index in [9.17, 15) is 9.18 Å². The third-order valence-corrected chi connectivity index (χ3v) is 3.12. The van der Waals surface area contributed by atoms with Crippen LogP contribution in [0.1, 0.15) is 21.5 Å². The molecular formula is C17H15FN2O. The molecule has 4 heteroatoms. The highest BCUT2D eigenvalue weighted by Gasteiger charge is 2.19. The molecule has 106 valence electrons. The van der Waals surface area contributed by atoms with Gasteiger partial charge in [0.2, 0.25) is 0 Å². The molecular weight excluding hydrogens is 267 g/mol. The van der Waals surface area contributed by atoms with E-state index in [4.69, 9.17) is 5.26 Å². The van der Waals surface area contributed by atoms with Gasteiger partial charge in [0, 0.05) is 6.54 Å². The number of benzene rings is 2. The summed E-state index contributed by atoms with van der Waals surface area (Å²) in [5.74, 6) is -1.04. The topological polar surface area (TPSA) is 44.1 Å². The lowest BCUT2D eigenvalue weighted by Crippen LogP contribution is -2.31. The molecule has 0 saturated carbocycles. The Labute approximate surface area is 123 Å². The van der Waals surface area contributed by atoms with Gasteiger partial charge in [-0.3, -0.25) is 4.79 Å². The minimum atomic E-state index is -0.568. The number of nitrogens with zero attached hydrogens (tertiary/aromatic N) is 2. The van der Waals surface area contributed by atoms with Gasteiger partial charge in [0.1, 0.15) is 12.4 Å². The average molecular weight is 282 g/mol. The van der Waals surface area contributed by atoms with Crippen molar-refractivity contribution < 1.29 is 9.18 Å². The summed E-state index contributed by atoms with van der Waals surface area (Å²) in [7, 11) is 0. The Kier molecular flexibility index (Phi) is 4.68. The Balaban J connectivity index is 2.27. The maximum absolute atomic E-state index is 13.8. The summed E-state index contributed by atoms with van der Waals surface area (Å²) in [6.07, 6.45) is 0. The third-order valence-electron chi connectivity index (χ3n) is 3.12. The van der Waals surface area contributed by atoms with Crippen LogP contribution >= 0.6 is 0 Å². The van der Waals surface area contributed by atoms with E-state index in [1.54, 1.807) is 13.0 Å². The van der Waals surface area contributed by atoms with Crippen molar-refractivity contribution in [3.8, 4) is 6.07 Å². The highest BCUT2D eigenvalue weighted by atomic mass is 19.1. The zero-order chi connectivity index (χ0) is 15.2. The Morgan fingerprint density at radius 1 is 1.24 bits per heavy atom. The van der Waals surface area contributed by atoms with E-state index >= 15 is 0 Å². The van der Waals surface area contributed by atoms with Crippen LogP contribution in [0.4, 0.5) is 4.39 Å². The van der Waals surface area contributed by atoms with Gasteiger partial charge >= 0.3 is 0 Å². The van der Waals surface area contributed by atoms with Crippen LogP contribution in [0.25, 0.3) is 0 Å². The van der Waals surface area contributed by atoms with Gasteiger partial charge < -0.3 is 4.90 Å². The van der Waals surface area contributed by atoms with Crippen molar-refractivity contribution in [3.05, 3.63) is 71.0 Å². The minimum Gasteiger partial charge on any atom is -0.321 e. The van der Waals surface area contributed by atoms with Crippen LogP contribution < -0.4 is 0 Å². The molecule has 0 aliphatic heterocycles. The molecule has 1 amide bonds. The predicted octanol–water partition coefficient (Wildman–Crippen LogP) is 3.30. The largest absolute Gasteiger partial charge is 0.321 e. The van der Waals surface area contributed by atoms with Gasteiger partial charge in [0.05, 0.1) is 11.6 Å². The molecule has 0 fully saturated rings. The van der Waals surface area contributed by atoms with E-state index in [1.807, 2.05) is 36.4 Å². The molecule has 0 radical (unpaired) electrons. The van der Waals surface area contributed by atoms with E-state index in [-0.39, 0.29) is 18.7 Å². The van der Waals surface area contributed by atoms with Gasteiger partial charge in [0.25, 0.3) is 5.91 Å². The summed E-state index contributed by atoms with van der Waals surface area (Å²) in [5.41, 5.74) is 1.70. The maximum atomic E-state index is 13.8. The predicted molar refractivity (Wildman–Crippen MR) is 77.9 cm³/mol. The molecule has 0 N–H and O–H groups in total. The Morgan fingerprint density at radius 2 is 1.95 bits per heavy atom. The van der Waals surface area contributed by atoms with Gasteiger partial charge in [-0.05, 0) is 24.6 Å². The van der Waals surface area contributed by atoms with Crippen LogP contribution in [0.5, 0.6) is 0 Å². The van der Waals surface area contributed by atoms with E-state index in [1.165, 1.54) is 17.0 Å². The average Bonchev–Trinajstić information content (AvgIpc) is 2.49. The van der Waals surface area contributed by atoms with Crippen molar-refractivity contribution in [2.24, 2.45) is 0 Å². The lowest BCUT2D eigenvalue weighted by Gasteiger charge is -2.20. The number of hydrogen-bond acceptors (Lipinski definition) is 2. The van der Waals surface area contributed by atoms with Crippen LogP contribution in [0.2, 0.25) is 0 Å². The monoisotopic (exact) mass is 282 g/mol. The molecule has 0 unspecified atom stereocenters. The Hall–Kier alpha value is -2.67. The van der Waals surface area contributed by atoms with Gasteiger partial charge in [0.15, 0.2) is 0 Å². The zero-order valence-electron chi connectivity index (χ0n) is 11.7. The molecule has 0 saturated heterocycles. The number of halogens is 1. The fraction of sp³-hybridized carbons (Fsp3) is 0.176. The number of aryl methyl sites for hydroxylation is 1. The van der Waals surface area contributed by atoms with E-state index < -0.39 is 11.7 Å². The van der Waals surface area contributed by atoms with Gasteiger partial charge in [-0.2, -0.15) is 5.26 Å². The molecule has 0 aromatic heterocycles. The normalized spacial score (nSPS) is 9.95. The number of carbonyl (C=O) groups is 1. The van der Waals surface area contributed by atoms with Gasteiger partial charge in [-0.15, -0.1) is 0 Å². The fourth-order valence-corrected chi connectivity index (χ4v) is 2.06. The molecule has 0 bridgehead atoms. The standard InChI is InChI=1S/C17H15FN2O/c1-13-7-8-16(18)15(11-13)17(21)20(10-9-19)12-14-5-3-2-4-6-14/h2-8,11H,10,12H2,1H3. The first-order valence-corrected chi connectivity index (χ1v) is 6.58. The molecule has 0 spiro atoms. The minimum absolute atomic E-state index is 0.00109. The highest BCUT2D eigenvalue weighted by Crippen LogP contribution is 2.15. The molecule has 0 heterocycles. The Morgan fingerprint density at radius 3 is 2.62 bits per heavy atom. The first-order chi connectivity index (χ1) is 10.1. The number of hydrogen-bond donors (Lipinski definition) is 0. The maximum Gasteiger partial charge on any atom is 0.257 e. The Bertz CT molecular complexity index is 677. The summed E-state index contributed by atoms with van der Waals surface area (Å²) >= 11 is 0. The molecule has 21 heavy (non-hydrogen) atoms. The summed E-state index contributed by atoms with van der Waals surface area (Å²) in [6.45, 7) is 1.99. The van der Waals surface area contributed by atoms with Crippen molar-refractivity contribution >= 4 is 5.91 Å². The second-order valence-corrected chi connectivity index (χ2v) is 4.79. The van der Waals surface area contributed by atoms with Crippen LogP contribution in [-0.4, -0.2) is 17.4 Å². The van der Waals surface area contributed by atoms with Gasteiger partial charge in [-0.1, -0.05) is 42.0 Å². The van der Waals surface area contributed by atoms with E-state index in [0.29, 0.717) is 0 Å². The molecule has 2 aromatic rings. The summed E-state index contributed by atoms with van der Waals surface area (Å²) in [6, 6.07) is 15.7. The van der Waals surface area contributed by atoms with E-state index in [0.717, 1.165) is 11.1 Å². The van der Waals surface area contributed by atoms with Crippen molar-refractivity contribution in [3.63, 3.8) is 0 Å². The molecule has 0 aliphatic carbocycles. The highest BCUT2D eigenvalue weighted by molar-refractivity contribution is 5.94. The smallest absolute Gasteiger partial charge is 0.257 e. The molecule has 0 aliphatic rings. The molecule has 3 nitrogen and oxygen atoms in total. The summed E-state index contributed by atoms with van der Waals surface area (Å²) < 4.78 is 13.8. The number of amides is 1. The van der Waals surface area contributed by atoms with Crippen LogP contribution in [0.15, 0.2) is 48.5 Å². The third kappa shape index (κ3) is 3.67. The SMILES string of the molecule is Cc1ccc(F)c(C(=O)N(CC#N)Cc2ccccc2)c1. The number of nitriles is 1. The second kappa shape index (κ2) is 6.67. The molecule has 2 aromatic carbocycles. The van der Waals surface area contributed by atoms with Gasteiger partial charge in [-0.25, -0.2) is 4.39 Å². The second-order valence-electron chi connectivity index (χ2n) is 4.79. The van der Waals surface area contributed by atoms with Crippen molar-refractivity contribution in [1.29, 1.82) is 5.26 Å².